The molecule has 1 saturated heterocycles. The molecule has 9 nitrogen and oxygen atoms in total. The number of nitro groups is 1. The van der Waals surface area contributed by atoms with E-state index in [1.54, 1.807) is 24.3 Å². The van der Waals surface area contributed by atoms with Gasteiger partial charge in [-0.05, 0) is 42.3 Å². The normalized spacial score (nSPS) is 18.0. The summed E-state index contributed by atoms with van der Waals surface area (Å²) in [4.78, 5) is 49.4. The zero-order valence-electron chi connectivity index (χ0n) is 18.1. The molecular formula is C23H21Cl2N3O6. The highest BCUT2D eigenvalue weighted by Gasteiger charge is 2.53. The fourth-order valence-corrected chi connectivity index (χ4v) is 3.83. The van der Waals surface area contributed by atoms with Crippen molar-refractivity contribution in [3.8, 4) is 0 Å². The molecule has 1 heterocycles. The van der Waals surface area contributed by atoms with Crippen molar-refractivity contribution in [1.82, 2.24) is 10.2 Å². The van der Waals surface area contributed by atoms with E-state index in [-0.39, 0.29) is 23.7 Å². The second kappa shape index (κ2) is 10.7. The fraction of sp³-hybridized carbons (Fsp3) is 0.261. The molecule has 11 heteroatoms. The lowest BCUT2D eigenvalue weighted by Crippen LogP contribution is -2.72. The maximum atomic E-state index is 12.8. The third kappa shape index (κ3) is 5.37. The molecule has 2 aromatic carbocycles. The molecule has 1 aliphatic rings. The Balaban J connectivity index is 1.66. The number of likely N-dealkylation sites (tertiary alicyclic amines) is 1. The van der Waals surface area contributed by atoms with Crippen molar-refractivity contribution in [1.29, 1.82) is 0 Å². The van der Waals surface area contributed by atoms with Crippen molar-refractivity contribution in [3.63, 3.8) is 0 Å². The number of rotatable bonds is 9. The first kappa shape index (κ1) is 25.2. The van der Waals surface area contributed by atoms with E-state index in [0.717, 1.165) is 10.5 Å². The number of hydrogen-bond donors (Lipinski definition) is 1. The Morgan fingerprint density at radius 1 is 1.21 bits per heavy atom. The van der Waals surface area contributed by atoms with Crippen LogP contribution in [0.2, 0.25) is 0 Å². The molecule has 0 spiro atoms. The van der Waals surface area contributed by atoms with Gasteiger partial charge >= 0.3 is 5.97 Å². The van der Waals surface area contributed by atoms with Gasteiger partial charge in [-0.15, -0.1) is 11.6 Å². The number of amides is 2. The minimum atomic E-state index is -1.25. The zero-order valence-corrected chi connectivity index (χ0v) is 19.6. The van der Waals surface area contributed by atoms with E-state index in [1.807, 2.05) is 6.92 Å². The molecule has 3 unspecified atom stereocenters. The van der Waals surface area contributed by atoms with Crippen LogP contribution >= 0.6 is 23.2 Å². The summed E-state index contributed by atoms with van der Waals surface area (Å²) in [7, 11) is 0. The third-order valence-corrected chi connectivity index (χ3v) is 6.06. The summed E-state index contributed by atoms with van der Waals surface area (Å²) in [5.41, 5.74) is 0.918. The van der Waals surface area contributed by atoms with E-state index in [9.17, 15) is 24.5 Å². The molecule has 34 heavy (non-hydrogen) atoms. The summed E-state index contributed by atoms with van der Waals surface area (Å²) in [5, 5.41) is 13.3. The smallest absolute Gasteiger partial charge is 0.333 e. The van der Waals surface area contributed by atoms with Crippen molar-refractivity contribution in [2.45, 2.75) is 31.1 Å². The molecule has 2 aromatic rings. The van der Waals surface area contributed by atoms with Gasteiger partial charge in [0.15, 0.2) is 6.04 Å². The minimum Gasteiger partial charge on any atom is -0.459 e. The molecule has 2 amide bonds. The van der Waals surface area contributed by atoms with E-state index >= 15 is 0 Å². The lowest BCUT2D eigenvalue weighted by Gasteiger charge is -2.47. The maximum absolute atomic E-state index is 12.8. The van der Waals surface area contributed by atoms with Crippen molar-refractivity contribution < 1.29 is 24.0 Å². The molecule has 3 atom stereocenters. The van der Waals surface area contributed by atoms with E-state index < -0.39 is 40.3 Å². The number of non-ortho nitro benzene ring substituents is 1. The Bertz CT molecular complexity index is 1120. The number of nitrogens with zero attached hydrogens (tertiary/aromatic N) is 2. The summed E-state index contributed by atoms with van der Waals surface area (Å²) < 4.78 is 5.30. The number of nitro benzene ring substituents is 1. The zero-order chi connectivity index (χ0) is 25.0. The Morgan fingerprint density at radius 2 is 1.82 bits per heavy atom. The number of aryl methyl sites for hydroxylation is 1. The monoisotopic (exact) mass is 505 g/mol. The number of ether oxygens (including phenoxy) is 1. The molecule has 1 N–H and O–H groups in total. The minimum absolute atomic E-state index is 0.0987. The summed E-state index contributed by atoms with van der Waals surface area (Å²) in [6.07, 6.45) is 0. The Hall–Kier alpha value is -3.43. The SMILES string of the molecule is C=C(CCl)C(C(=O)OCc1ccc([N+](=O)[O-])cc1)N1C(=O)C(NC(=O)c2ccc(C)cc2)C1Cl. The number of halogens is 2. The average molecular weight is 506 g/mol. The van der Waals surface area contributed by atoms with Gasteiger partial charge in [0.2, 0.25) is 0 Å². The van der Waals surface area contributed by atoms with Crippen molar-refractivity contribution in [2.24, 2.45) is 0 Å². The summed E-state index contributed by atoms with van der Waals surface area (Å²) in [6, 6.07) is 9.97. The number of β-lactam (4-membered cyclic amide) rings is 1. The van der Waals surface area contributed by atoms with Gasteiger partial charge in [0.25, 0.3) is 17.5 Å². The number of esters is 1. The van der Waals surface area contributed by atoms with Crippen LogP contribution in [0.5, 0.6) is 0 Å². The molecule has 178 valence electrons. The number of carbonyl (C=O) groups is 3. The Morgan fingerprint density at radius 3 is 2.35 bits per heavy atom. The van der Waals surface area contributed by atoms with Crippen LogP contribution in [0.4, 0.5) is 5.69 Å². The molecule has 0 aliphatic carbocycles. The molecular weight excluding hydrogens is 485 g/mol. The van der Waals surface area contributed by atoms with Gasteiger partial charge in [-0.2, -0.15) is 0 Å². The first-order chi connectivity index (χ1) is 16.1. The highest BCUT2D eigenvalue weighted by atomic mass is 35.5. The molecule has 3 rings (SSSR count). The quantitative estimate of drug-likeness (QED) is 0.106. The summed E-state index contributed by atoms with van der Waals surface area (Å²) in [6.45, 7) is 5.44. The Labute approximate surface area is 205 Å². The van der Waals surface area contributed by atoms with E-state index in [0.29, 0.717) is 11.1 Å². The van der Waals surface area contributed by atoms with Crippen LogP contribution in [0.15, 0.2) is 60.7 Å². The van der Waals surface area contributed by atoms with E-state index in [1.165, 1.54) is 24.3 Å². The van der Waals surface area contributed by atoms with Gasteiger partial charge in [0.05, 0.1) is 4.92 Å². The van der Waals surface area contributed by atoms with E-state index in [4.69, 9.17) is 27.9 Å². The van der Waals surface area contributed by atoms with Gasteiger partial charge < -0.3 is 15.0 Å². The second-order valence-corrected chi connectivity index (χ2v) is 8.38. The fourth-order valence-electron chi connectivity index (χ4n) is 3.31. The van der Waals surface area contributed by atoms with Crippen molar-refractivity contribution in [3.05, 3.63) is 87.5 Å². The Kier molecular flexibility index (Phi) is 7.90. The molecule has 1 aliphatic heterocycles. The largest absolute Gasteiger partial charge is 0.459 e. The van der Waals surface area contributed by atoms with E-state index in [2.05, 4.69) is 11.9 Å². The van der Waals surface area contributed by atoms with Gasteiger partial charge in [-0.1, -0.05) is 35.9 Å². The predicted octanol–water partition coefficient (Wildman–Crippen LogP) is 3.32. The number of carbonyl (C=O) groups excluding carboxylic acids is 3. The second-order valence-electron chi connectivity index (χ2n) is 7.66. The average Bonchev–Trinajstić information content (AvgIpc) is 2.84. The molecule has 0 aromatic heterocycles. The van der Waals surface area contributed by atoms with Crippen LogP contribution < -0.4 is 5.32 Å². The predicted molar refractivity (Wildman–Crippen MR) is 125 cm³/mol. The van der Waals surface area contributed by atoms with Crippen LogP contribution in [0.1, 0.15) is 21.5 Å². The maximum Gasteiger partial charge on any atom is 0.333 e. The van der Waals surface area contributed by atoms with Crippen molar-refractivity contribution in [2.75, 3.05) is 5.88 Å². The number of hydrogen-bond acceptors (Lipinski definition) is 6. The summed E-state index contributed by atoms with van der Waals surface area (Å²) in [5.74, 6) is -2.00. The van der Waals surface area contributed by atoms with Crippen LogP contribution in [0.3, 0.4) is 0 Å². The number of alkyl halides is 2. The topological polar surface area (TPSA) is 119 Å². The number of benzene rings is 2. The number of nitrogens with one attached hydrogen (secondary N) is 1. The lowest BCUT2D eigenvalue weighted by atomic mass is 9.99. The van der Waals surface area contributed by atoms with Crippen LogP contribution in [0.25, 0.3) is 0 Å². The standard InChI is InChI=1S/C23H21Cl2N3O6/c1-13-3-7-16(8-4-13)21(29)26-18-20(25)27(22(18)30)19(14(2)11-24)23(31)34-12-15-5-9-17(10-6-15)28(32)33/h3-10,18-20H,2,11-12H2,1H3,(H,26,29). The summed E-state index contributed by atoms with van der Waals surface area (Å²) >= 11 is 12.2. The van der Waals surface area contributed by atoms with Crippen LogP contribution in [-0.2, 0) is 20.9 Å². The molecule has 0 saturated carbocycles. The first-order valence-corrected chi connectivity index (χ1v) is 11.1. The van der Waals surface area contributed by atoms with Gasteiger partial charge in [0.1, 0.15) is 18.1 Å². The lowest BCUT2D eigenvalue weighted by molar-refractivity contribution is -0.384. The van der Waals surface area contributed by atoms with Crippen LogP contribution in [0, 0.1) is 17.0 Å². The highest BCUT2D eigenvalue weighted by molar-refractivity contribution is 6.27. The third-order valence-electron chi connectivity index (χ3n) is 5.25. The van der Waals surface area contributed by atoms with Gasteiger partial charge in [-0.25, -0.2) is 4.79 Å². The first-order valence-electron chi connectivity index (χ1n) is 10.1. The molecule has 1 fully saturated rings. The van der Waals surface area contributed by atoms with Gasteiger partial charge in [0, 0.05) is 23.6 Å². The molecule has 0 radical (unpaired) electrons. The van der Waals surface area contributed by atoms with Crippen molar-refractivity contribution >= 4 is 46.7 Å². The molecule has 0 bridgehead atoms. The van der Waals surface area contributed by atoms with Gasteiger partial charge in [-0.3, -0.25) is 19.7 Å². The highest BCUT2D eigenvalue weighted by Crippen LogP contribution is 2.30. The van der Waals surface area contributed by atoms with Crippen LogP contribution in [-0.4, -0.2) is 51.1 Å².